The Morgan fingerprint density at radius 1 is 1.42 bits per heavy atom. The maximum absolute atomic E-state index is 6.36. The van der Waals surface area contributed by atoms with Crippen LogP contribution in [-0.4, -0.2) is 43.3 Å². The number of nitrogens with zero attached hydrogens (tertiary/aromatic N) is 1. The minimum atomic E-state index is -0.0278. The van der Waals surface area contributed by atoms with Crippen LogP contribution >= 0.6 is 0 Å². The number of fused-ring (bicyclic) bond motifs is 1. The summed E-state index contributed by atoms with van der Waals surface area (Å²) < 4.78 is 11.9. The topological polar surface area (TPSA) is 21.7 Å². The molecule has 2 aliphatic heterocycles. The van der Waals surface area contributed by atoms with Crippen LogP contribution in [0.25, 0.3) is 0 Å². The summed E-state index contributed by atoms with van der Waals surface area (Å²) in [5.41, 5.74) is 3.09. The van der Waals surface area contributed by atoms with Crippen molar-refractivity contribution >= 4 is 0 Å². The molecule has 2 bridgehead atoms. The van der Waals surface area contributed by atoms with Crippen molar-refractivity contribution in [2.45, 2.75) is 50.2 Å². The summed E-state index contributed by atoms with van der Waals surface area (Å²) >= 11 is 0. The first-order valence-electron chi connectivity index (χ1n) is 9.15. The molecule has 0 radical (unpaired) electrons. The molecule has 130 valence electrons. The number of ether oxygens (including phenoxy) is 2. The average molecular weight is 327 g/mol. The fourth-order valence-electron chi connectivity index (χ4n) is 5.37. The third-order valence-corrected chi connectivity index (χ3v) is 6.57. The molecule has 0 saturated carbocycles. The first-order chi connectivity index (χ1) is 11.5. The molecule has 0 aromatic heterocycles. The smallest absolute Gasteiger partial charge is 0.119 e. The number of likely N-dealkylation sites (tertiary alicyclic amines) is 1. The molecule has 2 heterocycles. The molecule has 0 N–H and O–H groups in total. The quantitative estimate of drug-likeness (QED) is 0.792. The van der Waals surface area contributed by atoms with Gasteiger partial charge in [0.05, 0.1) is 19.3 Å². The maximum atomic E-state index is 6.36. The SMILES string of the molecule is C=CCN1CC[C@]23COC(C)(C)C[C@H]2[C@H]1Cc1ccc(OC)cc13. The van der Waals surface area contributed by atoms with Crippen LogP contribution < -0.4 is 4.74 Å². The summed E-state index contributed by atoms with van der Waals surface area (Å²) in [6.07, 6.45) is 5.48. The van der Waals surface area contributed by atoms with Gasteiger partial charge in [0.1, 0.15) is 5.75 Å². The molecule has 3 aliphatic rings. The van der Waals surface area contributed by atoms with Crippen molar-refractivity contribution in [3.63, 3.8) is 0 Å². The highest BCUT2D eigenvalue weighted by molar-refractivity contribution is 5.46. The second-order valence-corrected chi connectivity index (χ2v) is 8.34. The van der Waals surface area contributed by atoms with E-state index in [9.17, 15) is 0 Å². The normalized spacial score (nSPS) is 34.1. The Morgan fingerprint density at radius 3 is 3.00 bits per heavy atom. The lowest BCUT2D eigenvalue weighted by Gasteiger charge is -2.61. The van der Waals surface area contributed by atoms with Gasteiger partial charge in [0.15, 0.2) is 0 Å². The van der Waals surface area contributed by atoms with Crippen LogP contribution in [0.5, 0.6) is 5.75 Å². The van der Waals surface area contributed by atoms with Crippen molar-refractivity contribution < 1.29 is 9.47 Å². The van der Waals surface area contributed by atoms with E-state index in [4.69, 9.17) is 9.47 Å². The molecule has 0 amide bonds. The van der Waals surface area contributed by atoms with Crippen molar-refractivity contribution in [1.82, 2.24) is 4.90 Å². The Labute approximate surface area is 145 Å². The summed E-state index contributed by atoms with van der Waals surface area (Å²) in [6, 6.07) is 7.26. The zero-order valence-electron chi connectivity index (χ0n) is 15.2. The van der Waals surface area contributed by atoms with Gasteiger partial charge in [-0.3, -0.25) is 4.90 Å². The average Bonchev–Trinajstić information content (AvgIpc) is 2.56. The lowest BCUT2D eigenvalue weighted by molar-refractivity contribution is -0.154. The number of hydrogen-bond donors (Lipinski definition) is 0. The van der Waals surface area contributed by atoms with E-state index in [1.54, 1.807) is 7.11 Å². The minimum absolute atomic E-state index is 0.0278. The van der Waals surface area contributed by atoms with Gasteiger partial charge in [0, 0.05) is 18.0 Å². The summed E-state index contributed by atoms with van der Waals surface area (Å²) in [5.74, 6) is 1.62. The molecule has 2 fully saturated rings. The molecule has 1 aliphatic carbocycles. The van der Waals surface area contributed by atoms with Crippen LogP contribution in [0, 0.1) is 5.92 Å². The van der Waals surface area contributed by atoms with Crippen molar-refractivity contribution in [1.29, 1.82) is 0 Å². The largest absolute Gasteiger partial charge is 0.497 e. The van der Waals surface area contributed by atoms with Crippen LogP contribution in [0.4, 0.5) is 0 Å². The molecular formula is C21H29NO2. The summed E-state index contributed by atoms with van der Waals surface area (Å²) in [7, 11) is 1.76. The number of rotatable bonds is 3. The second-order valence-electron chi connectivity index (χ2n) is 8.34. The van der Waals surface area contributed by atoms with E-state index >= 15 is 0 Å². The van der Waals surface area contributed by atoms with Gasteiger partial charge >= 0.3 is 0 Å². The highest BCUT2D eigenvalue weighted by Crippen LogP contribution is 2.55. The first-order valence-corrected chi connectivity index (χ1v) is 9.15. The summed E-state index contributed by atoms with van der Waals surface area (Å²) in [4.78, 5) is 2.64. The Kier molecular flexibility index (Phi) is 3.77. The molecule has 1 aromatic rings. The van der Waals surface area contributed by atoms with E-state index in [0.29, 0.717) is 12.0 Å². The van der Waals surface area contributed by atoms with Crippen LogP contribution in [0.15, 0.2) is 30.9 Å². The van der Waals surface area contributed by atoms with E-state index in [2.05, 4.69) is 49.6 Å². The molecule has 1 aromatic carbocycles. The highest BCUT2D eigenvalue weighted by atomic mass is 16.5. The predicted octanol–water partition coefficient (Wildman–Crippen LogP) is 3.56. The zero-order valence-corrected chi connectivity index (χ0v) is 15.2. The molecule has 24 heavy (non-hydrogen) atoms. The molecule has 0 unspecified atom stereocenters. The van der Waals surface area contributed by atoms with E-state index < -0.39 is 0 Å². The molecule has 2 saturated heterocycles. The fourth-order valence-corrected chi connectivity index (χ4v) is 5.37. The Morgan fingerprint density at radius 2 is 2.25 bits per heavy atom. The van der Waals surface area contributed by atoms with Gasteiger partial charge in [-0.15, -0.1) is 6.58 Å². The van der Waals surface area contributed by atoms with Gasteiger partial charge in [0.25, 0.3) is 0 Å². The third kappa shape index (κ3) is 2.33. The van der Waals surface area contributed by atoms with E-state index in [0.717, 1.165) is 44.7 Å². The van der Waals surface area contributed by atoms with E-state index in [1.807, 2.05) is 0 Å². The van der Waals surface area contributed by atoms with Crippen molar-refractivity contribution in [3.8, 4) is 5.75 Å². The fraction of sp³-hybridized carbons (Fsp3) is 0.619. The second kappa shape index (κ2) is 5.60. The Hall–Kier alpha value is -1.32. The van der Waals surface area contributed by atoms with Gasteiger partial charge in [-0.2, -0.15) is 0 Å². The number of piperidine rings is 1. The minimum Gasteiger partial charge on any atom is -0.497 e. The van der Waals surface area contributed by atoms with Crippen molar-refractivity contribution in [2.24, 2.45) is 5.92 Å². The molecule has 4 rings (SSSR count). The highest BCUT2D eigenvalue weighted by Gasteiger charge is 2.57. The van der Waals surface area contributed by atoms with Crippen LogP contribution in [-0.2, 0) is 16.6 Å². The van der Waals surface area contributed by atoms with Crippen LogP contribution in [0.3, 0.4) is 0 Å². The maximum Gasteiger partial charge on any atom is 0.119 e. The van der Waals surface area contributed by atoms with Crippen molar-refractivity contribution in [3.05, 3.63) is 42.0 Å². The van der Waals surface area contributed by atoms with E-state index in [-0.39, 0.29) is 11.0 Å². The van der Waals surface area contributed by atoms with Gasteiger partial charge in [0.2, 0.25) is 0 Å². The molecular weight excluding hydrogens is 298 g/mol. The lowest BCUT2D eigenvalue weighted by atomic mass is 9.54. The first kappa shape index (κ1) is 16.2. The Balaban J connectivity index is 1.82. The van der Waals surface area contributed by atoms with Gasteiger partial charge in [-0.25, -0.2) is 0 Å². The molecule has 3 atom stereocenters. The number of benzene rings is 1. The standard InChI is InChI=1S/C21H29NO2/c1-5-9-22-10-8-21-14-24-20(2,3)13-18(21)19(22)11-15-6-7-16(23-4)12-17(15)21/h5-7,12,18-19H,1,8-11,13-14H2,2-4H3/t18-,19+,21+/m0/s1. The molecule has 3 heteroatoms. The van der Waals surface area contributed by atoms with Crippen LogP contribution in [0.1, 0.15) is 37.8 Å². The Bertz CT molecular complexity index is 653. The number of hydrogen-bond acceptors (Lipinski definition) is 3. The molecule has 3 nitrogen and oxygen atoms in total. The zero-order chi connectivity index (χ0) is 16.9. The molecule has 0 spiro atoms. The monoisotopic (exact) mass is 327 g/mol. The third-order valence-electron chi connectivity index (χ3n) is 6.57. The van der Waals surface area contributed by atoms with Gasteiger partial charge in [-0.1, -0.05) is 12.1 Å². The van der Waals surface area contributed by atoms with Gasteiger partial charge in [-0.05, 0) is 68.8 Å². The summed E-state index contributed by atoms with van der Waals surface area (Å²) in [6.45, 7) is 11.4. The summed E-state index contributed by atoms with van der Waals surface area (Å²) in [5, 5.41) is 0. The lowest BCUT2D eigenvalue weighted by Crippen LogP contribution is -2.65. The van der Waals surface area contributed by atoms with E-state index in [1.165, 1.54) is 11.1 Å². The number of methoxy groups -OCH3 is 1. The predicted molar refractivity (Wildman–Crippen MR) is 96.7 cm³/mol. The van der Waals surface area contributed by atoms with Crippen LogP contribution in [0.2, 0.25) is 0 Å². The van der Waals surface area contributed by atoms with Gasteiger partial charge < -0.3 is 9.47 Å². The van der Waals surface area contributed by atoms with Crippen molar-refractivity contribution in [2.75, 3.05) is 26.8 Å².